The fourth-order valence-corrected chi connectivity index (χ4v) is 4.29. The van der Waals surface area contributed by atoms with E-state index in [4.69, 9.17) is 4.84 Å². The Hall–Kier alpha value is -1.71. The molecule has 27 heavy (non-hydrogen) atoms. The monoisotopic (exact) mass is 369 g/mol. The number of hydroxylamine groups is 2. The second kappa shape index (κ2) is 8.12. The molecule has 0 saturated carbocycles. The molecule has 1 atom stereocenters. The maximum absolute atomic E-state index is 13.2. The van der Waals surface area contributed by atoms with Crippen molar-refractivity contribution in [3.05, 3.63) is 71.5 Å². The van der Waals surface area contributed by atoms with Gasteiger partial charge in [0, 0.05) is 11.1 Å². The number of hydrogen-bond donors (Lipinski definition) is 0. The standard InChI is InChI=1S/C24H32FNO/c1-23(2)17-8-18-24(3,4)26(23)27-22(20-9-6-5-7-10-20)16-13-19-11-14-21(25)15-12-19/h5-7,9-12,14-15,22H,8,13,16-18H2,1-4H3. The molecule has 1 heterocycles. The van der Waals surface area contributed by atoms with Crippen molar-refractivity contribution in [2.24, 2.45) is 0 Å². The van der Waals surface area contributed by atoms with Gasteiger partial charge >= 0.3 is 0 Å². The van der Waals surface area contributed by atoms with Gasteiger partial charge in [0.2, 0.25) is 0 Å². The molecule has 0 bridgehead atoms. The summed E-state index contributed by atoms with van der Waals surface area (Å²) >= 11 is 0. The van der Waals surface area contributed by atoms with Crippen LogP contribution in [0, 0.1) is 5.82 Å². The lowest BCUT2D eigenvalue weighted by Gasteiger charge is -2.52. The number of aryl methyl sites for hydroxylation is 1. The molecular weight excluding hydrogens is 337 g/mol. The smallest absolute Gasteiger partial charge is 0.123 e. The van der Waals surface area contributed by atoms with Gasteiger partial charge in [-0.3, -0.25) is 4.84 Å². The Bertz CT molecular complexity index is 708. The van der Waals surface area contributed by atoms with E-state index in [1.807, 2.05) is 18.2 Å². The van der Waals surface area contributed by atoms with Crippen LogP contribution in [-0.2, 0) is 11.3 Å². The highest BCUT2D eigenvalue weighted by Crippen LogP contribution is 2.41. The molecule has 0 aliphatic carbocycles. The van der Waals surface area contributed by atoms with Crippen molar-refractivity contribution < 1.29 is 9.23 Å². The van der Waals surface area contributed by atoms with E-state index in [9.17, 15) is 4.39 Å². The van der Waals surface area contributed by atoms with Crippen LogP contribution in [0.4, 0.5) is 4.39 Å². The van der Waals surface area contributed by atoms with Crippen LogP contribution in [0.2, 0.25) is 0 Å². The van der Waals surface area contributed by atoms with Crippen LogP contribution in [0.1, 0.15) is 70.6 Å². The highest BCUT2D eigenvalue weighted by molar-refractivity contribution is 5.20. The third-order valence-electron chi connectivity index (χ3n) is 5.69. The summed E-state index contributed by atoms with van der Waals surface area (Å²) < 4.78 is 13.2. The molecule has 0 aromatic heterocycles. The Morgan fingerprint density at radius 2 is 1.52 bits per heavy atom. The van der Waals surface area contributed by atoms with Gasteiger partial charge < -0.3 is 0 Å². The van der Waals surface area contributed by atoms with E-state index in [2.05, 4.69) is 57.0 Å². The van der Waals surface area contributed by atoms with Crippen LogP contribution >= 0.6 is 0 Å². The molecule has 1 unspecified atom stereocenters. The van der Waals surface area contributed by atoms with E-state index in [0.717, 1.165) is 31.2 Å². The van der Waals surface area contributed by atoms with E-state index in [1.54, 1.807) is 0 Å². The first-order valence-electron chi connectivity index (χ1n) is 10.0. The molecule has 146 valence electrons. The van der Waals surface area contributed by atoms with Gasteiger partial charge in [0.1, 0.15) is 11.9 Å². The van der Waals surface area contributed by atoms with Gasteiger partial charge in [-0.2, -0.15) is 5.06 Å². The molecule has 0 spiro atoms. The van der Waals surface area contributed by atoms with Gasteiger partial charge in [-0.15, -0.1) is 0 Å². The van der Waals surface area contributed by atoms with Gasteiger partial charge in [-0.05, 0) is 83.1 Å². The summed E-state index contributed by atoms with van der Waals surface area (Å²) in [7, 11) is 0. The summed E-state index contributed by atoms with van der Waals surface area (Å²) in [6.45, 7) is 9.09. The van der Waals surface area contributed by atoms with Gasteiger partial charge in [0.25, 0.3) is 0 Å². The fraction of sp³-hybridized carbons (Fsp3) is 0.500. The van der Waals surface area contributed by atoms with Crippen molar-refractivity contribution in [2.45, 2.75) is 77.0 Å². The molecule has 0 radical (unpaired) electrons. The van der Waals surface area contributed by atoms with Crippen LogP contribution in [0.5, 0.6) is 0 Å². The Morgan fingerprint density at radius 1 is 0.926 bits per heavy atom. The average Bonchev–Trinajstić information content (AvgIpc) is 2.62. The predicted molar refractivity (Wildman–Crippen MR) is 109 cm³/mol. The van der Waals surface area contributed by atoms with E-state index in [0.29, 0.717) is 0 Å². The summed E-state index contributed by atoms with van der Waals surface area (Å²) in [6, 6.07) is 17.2. The second-order valence-corrected chi connectivity index (χ2v) is 8.94. The third kappa shape index (κ3) is 4.97. The summed E-state index contributed by atoms with van der Waals surface area (Å²) in [4.78, 5) is 6.71. The van der Waals surface area contributed by atoms with Crippen LogP contribution in [-0.4, -0.2) is 16.1 Å². The molecular formula is C24H32FNO. The Morgan fingerprint density at radius 3 is 2.11 bits per heavy atom. The number of halogens is 1. The second-order valence-electron chi connectivity index (χ2n) is 8.94. The first kappa shape index (κ1) is 20.0. The minimum absolute atomic E-state index is 0.00462. The van der Waals surface area contributed by atoms with Gasteiger partial charge in [-0.25, -0.2) is 4.39 Å². The first-order valence-corrected chi connectivity index (χ1v) is 10.0. The van der Waals surface area contributed by atoms with Crippen LogP contribution in [0.3, 0.4) is 0 Å². The highest BCUT2D eigenvalue weighted by atomic mass is 19.1. The zero-order valence-electron chi connectivity index (χ0n) is 17.0. The number of rotatable bonds is 6. The number of hydrogen-bond acceptors (Lipinski definition) is 2. The summed E-state index contributed by atoms with van der Waals surface area (Å²) in [6.07, 6.45) is 5.19. The van der Waals surface area contributed by atoms with E-state index in [-0.39, 0.29) is 23.0 Å². The molecule has 0 amide bonds. The molecule has 0 N–H and O–H groups in total. The van der Waals surface area contributed by atoms with Crippen molar-refractivity contribution in [2.75, 3.05) is 0 Å². The molecule has 1 fully saturated rings. The lowest BCUT2D eigenvalue weighted by molar-refractivity contribution is -0.308. The molecule has 2 aromatic carbocycles. The molecule has 2 nitrogen and oxygen atoms in total. The number of benzene rings is 2. The minimum Gasteiger partial charge on any atom is -0.290 e. The van der Waals surface area contributed by atoms with E-state index < -0.39 is 0 Å². The third-order valence-corrected chi connectivity index (χ3v) is 5.69. The Labute approximate surface area is 163 Å². The van der Waals surface area contributed by atoms with Crippen LogP contribution in [0.25, 0.3) is 0 Å². The SMILES string of the molecule is CC1(C)CCCC(C)(C)N1OC(CCc1ccc(F)cc1)c1ccccc1. The molecule has 1 aliphatic rings. The lowest BCUT2D eigenvalue weighted by atomic mass is 9.82. The van der Waals surface area contributed by atoms with Crippen LogP contribution in [0.15, 0.2) is 54.6 Å². The average molecular weight is 370 g/mol. The summed E-state index contributed by atoms with van der Waals surface area (Å²) in [5.41, 5.74) is 2.34. The van der Waals surface area contributed by atoms with Gasteiger partial charge in [-0.1, -0.05) is 42.5 Å². The number of nitrogens with zero attached hydrogens (tertiary/aromatic N) is 1. The summed E-state index contributed by atoms with van der Waals surface area (Å²) in [5.74, 6) is -0.188. The maximum Gasteiger partial charge on any atom is 0.123 e. The molecule has 1 saturated heterocycles. The lowest BCUT2D eigenvalue weighted by Crippen LogP contribution is -2.58. The van der Waals surface area contributed by atoms with E-state index >= 15 is 0 Å². The molecule has 3 heteroatoms. The fourth-order valence-electron chi connectivity index (χ4n) is 4.29. The number of piperidine rings is 1. The molecule has 2 aromatic rings. The van der Waals surface area contributed by atoms with Crippen molar-refractivity contribution in [3.63, 3.8) is 0 Å². The summed E-state index contributed by atoms with van der Waals surface area (Å²) in [5, 5.41) is 2.24. The predicted octanol–water partition coefficient (Wildman–Crippen LogP) is 6.47. The first-order chi connectivity index (χ1) is 12.8. The Balaban J connectivity index is 1.80. The topological polar surface area (TPSA) is 12.5 Å². The van der Waals surface area contributed by atoms with Crippen molar-refractivity contribution >= 4 is 0 Å². The zero-order valence-corrected chi connectivity index (χ0v) is 17.0. The van der Waals surface area contributed by atoms with Crippen LogP contribution < -0.4 is 0 Å². The van der Waals surface area contributed by atoms with Crippen molar-refractivity contribution in [1.82, 2.24) is 5.06 Å². The van der Waals surface area contributed by atoms with Crippen molar-refractivity contribution in [1.29, 1.82) is 0 Å². The quantitative estimate of drug-likeness (QED) is 0.578. The van der Waals surface area contributed by atoms with Crippen molar-refractivity contribution in [3.8, 4) is 0 Å². The zero-order chi connectivity index (χ0) is 19.5. The Kier molecular flexibility index (Phi) is 6.02. The largest absolute Gasteiger partial charge is 0.290 e. The maximum atomic E-state index is 13.2. The van der Waals surface area contributed by atoms with Gasteiger partial charge in [0.15, 0.2) is 0 Å². The minimum atomic E-state index is -0.188. The van der Waals surface area contributed by atoms with Gasteiger partial charge in [0.05, 0.1) is 0 Å². The molecule has 1 aliphatic heterocycles. The normalized spacial score (nSPS) is 20.3. The molecule has 3 rings (SSSR count). The van der Waals surface area contributed by atoms with E-state index in [1.165, 1.54) is 24.1 Å². The highest BCUT2D eigenvalue weighted by Gasteiger charge is 2.43.